The number of benzene rings is 1. The Morgan fingerprint density at radius 2 is 1.94 bits per heavy atom. The number of aromatic nitrogens is 1. The zero-order valence-electron chi connectivity index (χ0n) is 11.8. The van der Waals surface area contributed by atoms with Gasteiger partial charge in [-0.25, -0.2) is 0 Å². The summed E-state index contributed by atoms with van der Waals surface area (Å²) in [6.07, 6.45) is 1.77. The summed E-state index contributed by atoms with van der Waals surface area (Å²) in [6.45, 7) is 9.08. The van der Waals surface area contributed by atoms with E-state index in [1.54, 1.807) is 0 Å². The maximum atomic E-state index is 9.00. The highest BCUT2D eigenvalue weighted by Crippen LogP contribution is 2.29. The molecule has 0 aliphatic rings. The summed E-state index contributed by atoms with van der Waals surface area (Å²) < 4.78 is 0. The van der Waals surface area contributed by atoms with Crippen LogP contribution in [0.15, 0.2) is 18.2 Å². The lowest BCUT2D eigenvalue weighted by Crippen LogP contribution is -2.10. The van der Waals surface area contributed by atoms with E-state index in [0.717, 1.165) is 12.8 Å². The minimum absolute atomic E-state index is 0.174. The van der Waals surface area contributed by atoms with Crippen LogP contribution in [0.1, 0.15) is 44.0 Å². The van der Waals surface area contributed by atoms with Gasteiger partial charge < -0.3 is 10.1 Å². The Labute approximate surface area is 109 Å². The zero-order chi connectivity index (χ0) is 13.3. The molecular formula is C16H23NO. The van der Waals surface area contributed by atoms with Gasteiger partial charge in [0.15, 0.2) is 0 Å². The van der Waals surface area contributed by atoms with Crippen LogP contribution >= 0.6 is 0 Å². The highest BCUT2D eigenvalue weighted by atomic mass is 16.2. The van der Waals surface area contributed by atoms with Crippen LogP contribution in [0, 0.1) is 6.92 Å². The number of fused-ring (bicyclic) bond motifs is 1. The number of aliphatic hydroxyl groups excluding tert-OH is 1. The van der Waals surface area contributed by atoms with Crippen molar-refractivity contribution in [3.63, 3.8) is 0 Å². The molecular weight excluding hydrogens is 222 g/mol. The number of aryl methyl sites for hydroxylation is 2. The molecule has 98 valence electrons. The highest BCUT2D eigenvalue weighted by molar-refractivity contribution is 5.85. The van der Waals surface area contributed by atoms with E-state index in [2.05, 4.69) is 50.9 Å². The molecule has 2 nitrogen and oxygen atoms in total. The van der Waals surface area contributed by atoms with Crippen LogP contribution in [0.25, 0.3) is 10.9 Å². The first-order chi connectivity index (χ1) is 8.43. The molecule has 18 heavy (non-hydrogen) atoms. The van der Waals surface area contributed by atoms with Crippen molar-refractivity contribution >= 4 is 10.9 Å². The van der Waals surface area contributed by atoms with Gasteiger partial charge in [0.2, 0.25) is 0 Å². The van der Waals surface area contributed by atoms with E-state index in [9.17, 15) is 0 Å². The van der Waals surface area contributed by atoms with E-state index in [1.165, 1.54) is 27.7 Å². The number of aromatic amines is 1. The third-order valence-electron chi connectivity index (χ3n) is 3.57. The minimum atomic E-state index is 0.174. The number of aliphatic hydroxyl groups is 1. The first-order valence-electron chi connectivity index (χ1n) is 6.66. The van der Waals surface area contributed by atoms with Crippen molar-refractivity contribution in [3.8, 4) is 0 Å². The van der Waals surface area contributed by atoms with E-state index >= 15 is 0 Å². The van der Waals surface area contributed by atoms with Gasteiger partial charge in [0.25, 0.3) is 0 Å². The fourth-order valence-electron chi connectivity index (χ4n) is 2.43. The van der Waals surface area contributed by atoms with Crippen LogP contribution in [-0.2, 0) is 11.8 Å². The molecule has 0 bridgehead atoms. The van der Waals surface area contributed by atoms with Crippen molar-refractivity contribution in [3.05, 3.63) is 35.0 Å². The lowest BCUT2D eigenvalue weighted by atomic mass is 9.86. The summed E-state index contributed by atoms with van der Waals surface area (Å²) in [5.41, 5.74) is 5.32. The summed E-state index contributed by atoms with van der Waals surface area (Å²) in [5, 5.41) is 10.3. The maximum absolute atomic E-state index is 9.00. The fraction of sp³-hybridized carbons (Fsp3) is 0.500. The van der Waals surface area contributed by atoms with Crippen LogP contribution < -0.4 is 0 Å². The van der Waals surface area contributed by atoms with E-state index < -0.39 is 0 Å². The number of rotatable bonds is 3. The minimum Gasteiger partial charge on any atom is -0.396 e. The molecule has 1 aromatic heterocycles. The summed E-state index contributed by atoms with van der Waals surface area (Å²) in [5.74, 6) is 0. The third-order valence-corrected chi connectivity index (χ3v) is 3.57. The van der Waals surface area contributed by atoms with E-state index in [-0.39, 0.29) is 12.0 Å². The predicted molar refractivity (Wildman–Crippen MR) is 77.1 cm³/mol. The molecule has 0 amide bonds. The number of H-pyrrole nitrogens is 1. The highest BCUT2D eigenvalue weighted by Gasteiger charge is 2.16. The molecule has 0 fully saturated rings. The zero-order valence-corrected chi connectivity index (χ0v) is 11.8. The normalized spacial score (nSPS) is 12.3. The second kappa shape index (κ2) is 4.77. The molecule has 0 atom stereocenters. The van der Waals surface area contributed by atoms with Gasteiger partial charge in [-0.2, -0.15) is 0 Å². The Bertz CT molecular complexity index is 546. The monoisotopic (exact) mass is 245 g/mol. The van der Waals surface area contributed by atoms with Gasteiger partial charge in [-0.1, -0.05) is 26.8 Å². The smallest absolute Gasteiger partial charge is 0.0459 e. The van der Waals surface area contributed by atoms with Crippen LogP contribution in [0.5, 0.6) is 0 Å². The molecule has 0 saturated heterocycles. The molecule has 0 spiro atoms. The molecule has 1 heterocycles. The van der Waals surface area contributed by atoms with E-state index in [1.807, 2.05) is 0 Å². The van der Waals surface area contributed by atoms with Crippen molar-refractivity contribution in [2.45, 2.75) is 46.0 Å². The van der Waals surface area contributed by atoms with Gasteiger partial charge in [-0.3, -0.25) is 0 Å². The molecule has 0 unspecified atom stereocenters. The van der Waals surface area contributed by atoms with Crippen molar-refractivity contribution in [1.29, 1.82) is 0 Å². The second-order valence-corrected chi connectivity index (χ2v) is 6.07. The molecule has 0 radical (unpaired) electrons. The van der Waals surface area contributed by atoms with Crippen molar-refractivity contribution in [2.75, 3.05) is 6.61 Å². The second-order valence-electron chi connectivity index (χ2n) is 6.07. The summed E-state index contributed by atoms with van der Waals surface area (Å²) >= 11 is 0. The Kier molecular flexibility index (Phi) is 3.49. The summed E-state index contributed by atoms with van der Waals surface area (Å²) in [7, 11) is 0. The average Bonchev–Trinajstić information content (AvgIpc) is 2.60. The van der Waals surface area contributed by atoms with Gasteiger partial charge in [-0.15, -0.1) is 0 Å². The van der Waals surface area contributed by atoms with Crippen molar-refractivity contribution in [2.24, 2.45) is 0 Å². The standard InChI is InChI=1S/C16H23NO/c1-11-13(6-5-9-18)14-10-12(16(2,3)4)7-8-15(14)17-11/h7-8,10,17-18H,5-6,9H2,1-4H3. The van der Waals surface area contributed by atoms with E-state index in [4.69, 9.17) is 5.11 Å². The van der Waals surface area contributed by atoms with Crippen molar-refractivity contribution < 1.29 is 5.11 Å². The predicted octanol–water partition coefficient (Wildman–Crippen LogP) is 3.70. The van der Waals surface area contributed by atoms with Gasteiger partial charge in [-0.05, 0) is 48.4 Å². The molecule has 2 heteroatoms. The third kappa shape index (κ3) is 2.44. The van der Waals surface area contributed by atoms with Gasteiger partial charge in [0, 0.05) is 23.2 Å². The Morgan fingerprint density at radius 1 is 1.22 bits per heavy atom. The van der Waals surface area contributed by atoms with Gasteiger partial charge in [0.05, 0.1) is 0 Å². The Balaban J connectivity index is 2.52. The van der Waals surface area contributed by atoms with Crippen LogP contribution in [0.4, 0.5) is 0 Å². The average molecular weight is 245 g/mol. The topological polar surface area (TPSA) is 36.0 Å². The lowest BCUT2D eigenvalue weighted by Gasteiger charge is -2.19. The lowest BCUT2D eigenvalue weighted by molar-refractivity contribution is 0.288. The molecule has 2 rings (SSSR count). The van der Waals surface area contributed by atoms with Crippen LogP contribution in [-0.4, -0.2) is 16.7 Å². The molecule has 0 aliphatic carbocycles. The first kappa shape index (κ1) is 13.2. The summed E-state index contributed by atoms with van der Waals surface area (Å²) in [6, 6.07) is 6.67. The molecule has 1 aromatic carbocycles. The quantitative estimate of drug-likeness (QED) is 0.850. The fourth-order valence-corrected chi connectivity index (χ4v) is 2.43. The Morgan fingerprint density at radius 3 is 2.56 bits per heavy atom. The number of hydrogen-bond donors (Lipinski definition) is 2. The van der Waals surface area contributed by atoms with Crippen LogP contribution in [0.3, 0.4) is 0 Å². The molecule has 2 aromatic rings. The Hall–Kier alpha value is -1.28. The van der Waals surface area contributed by atoms with Crippen molar-refractivity contribution in [1.82, 2.24) is 4.98 Å². The summed E-state index contributed by atoms with van der Waals surface area (Å²) in [4.78, 5) is 3.43. The number of nitrogens with one attached hydrogen (secondary N) is 1. The number of hydrogen-bond acceptors (Lipinski definition) is 1. The van der Waals surface area contributed by atoms with E-state index in [0.29, 0.717) is 0 Å². The molecule has 0 saturated carbocycles. The molecule has 0 aliphatic heterocycles. The van der Waals surface area contributed by atoms with Gasteiger partial charge >= 0.3 is 0 Å². The molecule has 2 N–H and O–H groups in total. The largest absolute Gasteiger partial charge is 0.396 e. The van der Waals surface area contributed by atoms with Gasteiger partial charge in [0.1, 0.15) is 0 Å². The first-order valence-corrected chi connectivity index (χ1v) is 6.66. The maximum Gasteiger partial charge on any atom is 0.0459 e. The SMILES string of the molecule is Cc1[nH]c2ccc(C(C)(C)C)cc2c1CCCO. The van der Waals surface area contributed by atoms with Crippen LogP contribution in [0.2, 0.25) is 0 Å².